The Balaban J connectivity index is 1.91. The Morgan fingerprint density at radius 1 is 1.21 bits per heavy atom. The maximum absolute atomic E-state index is 12.7. The summed E-state index contributed by atoms with van der Waals surface area (Å²) >= 11 is 3.42. The molecule has 24 heavy (non-hydrogen) atoms. The van der Waals surface area contributed by atoms with E-state index in [1.54, 1.807) is 28.9 Å². The molecule has 0 aliphatic carbocycles. The van der Waals surface area contributed by atoms with Crippen molar-refractivity contribution in [2.24, 2.45) is 0 Å². The van der Waals surface area contributed by atoms with Gasteiger partial charge < -0.3 is 4.74 Å². The summed E-state index contributed by atoms with van der Waals surface area (Å²) in [5.74, 6) is 0.148. The Labute approximate surface area is 144 Å². The molecule has 0 amide bonds. The molecule has 2 aromatic carbocycles. The van der Waals surface area contributed by atoms with Gasteiger partial charge in [0.2, 0.25) is 0 Å². The van der Waals surface area contributed by atoms with E-state index in [1.165, 1.54) is 6.07 Å². The van der Waals surface area contributed by atoms with E-state index in [-0.39, 0.29) is 17.4 Å². The van der Waals surface area contributed by atoms with Crippen LogP contribution in [-0.2, 0) is 6.54 Å². The van der Waals surface area contributed by atoms with Gasteiger partial charge in [0, 0.05) is 16.6 Å². The fraction of sp³-hybridized carbons (Fsp3) is 0.235. The molecule has 0 saturated heterocycles. The lowest BCUT2D eigenvalue weighted by atomic mass is 10.0. The van der Waals surface area contributed by atoms with Gasteiger partial charge >= 0.3 is 6.61 Å². The zero-order chi connectivity index (χ0) is 16.8. The molecule has 0 N–H and O–H groups in total. The number of alkyl halides is 2. The lowest BCUT2D eigenvalue weighted by Crippen LogP contribution is -2.18. The van der Waals surface area contributed by atoms with Crippen LogP contribution < -0.4 is 10.3 Å². The van der Waals surface area contributed by atoms with Crippen LogP contribution in [0, 0.1) is 0 Å². The van der Waals surface area contributed by atoms with Crippen LogP contribution in [-0.4, -0.2) is 16.0 Å². The largest absolute Gasteiger partial charge is 0.434 e. The Bertz CT molecular complexity index is 980. The quantitative estimate of drug-likeness (QED) is 0.668. The predicted molar refractivity (Wildman–Crippen MR) is 89.7 cm³/mol. The van der Waals surface area contributed by atoms with Gasteiger partial charge in [-0.2, -0.15) is 8.78 Å². The van der Waals surface area contributed by atoms with Crippen LogP contribution in [0.1, 0.15) is 18.0 Å². The van der Waals surface area contributed by atoms with Crippen molar-refractivity contribution in [1.29, 1.82) is 0 Å². The van der Waals surface area contributed by atoms with E-state index in [9.17, 15) is 13.6 Å². The standard InChI is InChI=1S/C17H13BrF2N2O2/c18-10-5-6-12-14(9-10)22-13(7-8-21(22)16(12)23)11-3-1-2-4-15(11)24-17(19)20/h1-6,9,13,17H,7-8H2. The van der Waals surface area contributed by atoms with Crippen LogP contribution in [0.25, 0.3) is 10.9 Å². The average molecular weight is 395 g/mol. The molecule has 0 spiro atoms. The van der Waals surface area contributed by atoms with Gasteiger partial charge in [-0.25, -0.2) is 4.68 Å². The molecule has 0 saturated carbocycles. The van der Waals surface area contributed by atoms with E-state index in [0.29, 0.717) is 23.9 Å². The summed E-state index contributed by atoms with van der Waals surface area (Å²) in [6.07, 6.45) is 0.654. The summed E-state index contributed by atoms with van der Waals surface area (Å²) in [5.41, 5.74) is 1.37. The number of rotatable bonds is 3. The summed E-state index contributed by atoms with van der Waals surface area (Å²) in [6, 6.07) is 12.0. The summed E-state index contributed by atoms with van der Waals surface area (Å²) in [4.78, 5) is 12.5. The average Bonchev–Trinajstić information content (AvgIpc) is 3.08. The van der Waals surface area contributed by atoms with Crippen molar-refractivity contribution in [2.75, 3.05) is 0 Å². The lowest BCUT2D eigenvalue weighted by Gasteiger charge is -2.18. The van der Waals surface area contributed by atoms with E-state index in [0.717, 1.165) is 9.99 Å². The number of ether oxygens (including phenoxy) is 1. The first-order valence-electron chi connectivity index (χ1n) is 7.50. The van der Waals surface area contributed by atoms with Gasteiger partial charge in [-0.15, -0.1) is 0 Å². The molecule has 1 aliphatic heterocycles. The molecule has 1 aromatic heterocycles. The molecular formula is C17H13BrF2N2O2. The van der Waals surface area contributed by atoms with Crippen molar-refractivity contribution < 1.29 is 13.5 Å². The number of halogens is 3. The van der Waals surface area contributed by atoms with Crippen molar-refractivity contribution in [3.8, 4) is 5.75 Å². The van der Waals surface area contributed by atoms with E-state index >= 15 is 0 Å². The molecule has 1 unspecified atom stereocenters. The number of hydrogen-bond donors (Lipinski definition) is 0. The normalized spacial score (nSPS) is 16.8. The second-order valence-electron chi connectivity index (χ2n) is 5.66. The van der Waals surface area contributed by atoms with Gasteiger partial charge in [-0.1, -0.05) is 34.1 Å². The molecule has 1 aliphatic rings. The number of aromatic nitrogens is 2. The van der Waals surface area contributed by atoms with Gasteiger partial charge in [0.1, 0.15) is 5.75 Å². The van der Waals surface area contributed by atoms with Crippen molar-refractivity contribution in [3.05, 3.63) is 62.9 Å². The molecule has 2 heterocycles. The third-order valence-electron chi connectivity index (χ3n) is 4.34. The van der Waals surface area contributed by atoms with Crippen molar-refractivity contribution >= 4 is 26.8 Å². The van der Waals surface area contributed by atoms with E-state index < -0.39 is 6.61 Å². The number of benzene rings is 2. The minimum atomic E-state index is -2.88. The number of fused-ring (bicyclic) bond motifs is 3. The van der Waals surface area contributed by atoms with Crippen LogP contribution in [0.3, 0.4) is 0 Å². The smallest absolute Gasteiger partial charge is 0.387 e. The first kappa shape index (κ1) is 15.4. The van der Waals surface area contributed by atoms with Gasteiger partial charge in [0.25, 0.3) is 5.56 Å². The Hall–Kier alpha value is -2.15. The fourth-order valence-electron chi connectivity index (χ4n) is 3.40. The topological polar surface area (TPSA) is 36.2 Å². The minimum absolute atomic E-state index is 0.0627. The second kappa shape index (κ2) is 5.73. The molecule has 124 valence electrons. The number of hydrogen-bond acceptors (Lipinski definition) is 2. The highest BCUT2D eigenvalue weighted by molar-refractivity contribution is 9.10. The van der Waals surface area contributed by atoms with Crippen LogP contribution in [0.15, 0.2) is 51.7 Å². The fourth-order valence-corrected chi connectivity index (χ4v) is 3.75. The molecule has 0 fully saturated rings. The predicted octanol–water partition coefficient (Wildman–Crippen LogP) is 4.16. The van der Waals surface area contributed by atoms with Crippen molar-refractivity contribution in [3.63, 3.8) is 0 Å². The first-order chi connectivity index (χ1) is 11.6. The Kier molecular flexibility index (Phi) is 3.68. The first-order valence-corrected chi connectivity index (χ1v) is 8.30. The number of para-hydroxylation sites is 1. The summed E-state index contributed by atoms with van der Waals surface area (Å²) in [5, 5.41) is 0.621. The minimum Gasteiger partial charge on any atom is -0.434 e. The van der Waals surface area contributed by atoms with Gasteiger partial charge in [-0.05, 0) is 30.7 Å². The maximum atomic E-state index is 12.7. The van der Waals surface area contributed by atoms with E-state index in [4.69, 9.17) is 0 Å². The van der Waals surface area contributed by atoms with Crippen LogP contribution in [0.4, 0.5) is 8.78 Å². The molecular weight excluding hydrogens is 382 g/mol. The highest BCUT2D eigenvalue weighted by atomic mass is 79.9. The van der Waals surface area contributed by atoms with E-state index in [1.807, 2.05) is 16.8 Å². The Morgan fingerprint density at radius 2 is 2.00 bits per heavy atom. The summed E-state index contributed by atoms with van der Waals surface area (Å²) in [6.45, 7) is -2.34. The molecule has 4 nitrogen and oxygen atoms in total. The molecule has 4 rings (SSSR count). The highest BCUT2D eigenvalue weighted by Crippen LogP contribution is 2.37. The SMILES string of the molecule is O=c1c2ccc(Br)cc2n2n1CCC2c1ccccc1OC(F)F. The van der Waals surface area contributed by atoms with Crippen molar-refractivity contribution in [1.82, 2.24) is 9.36 Å². The van der Waals surface area contributed by atoms with Gasteiger partial charge in [-0.3, -0.25) is 9.48 Å². The molecule has 0 bridgehead atoms. The second-order valence-corrected chi connectivity index (χ2v) is 6.57. The third-order valence-corrected chi connectivity index (χ3v) is 4.83. The van der Waals surface area contributed by atoms with Gasteiger partial charge in [0.15, 0.2) is 0 Å². The molecule has 0 radical (unpaired) electrons. The summed E-state index contributed by atoms with van der Waals surface area (Å²) in [7, 11) is 0. The zero-order valence-corrected chi connectivity index (χ0v) is 14.0. The lowest BCUT2D eigenvalue weighted by molar-refractivity contribution is -0.0507. The van der Waals surface area contributed by atoms with Crippen LogP contribution in [0.2, 0.25) is 0 Å². The number of nitrogens with zero attached hydrogens (tertiary/aromatic N) is 2. The molecule has 7 heteroatoms. The van der Waals surface area contributed by atoms with Gasteiger partial charge in [0.05, 0.1) is 16.9 Å². The third kappa shape index (κ3) is 2.34. The zero-order valence-electron chi connectivity index (χ0n) is 12.5. The maximum Gasteiger partial charge on any atom is 0.387 e. The summed E-state index contributed by atoms with van der Waals surface area (Å²) < 4.78 is 34.5. The van der Waals surface area contributed by atoms with Crippen LogP contribution >= 0.6 is 15.9 Å². The highest BCUT2D eigenvalue weighted by Gasteiger charge is 2.30. The molecule has 1 atom stereocenters. The van der Waals surface area contributed by atoms with Crippen LogP contribution in [0.5, 0.6) is 5.75 Å². The Morgan fingerprint density at radius 3 is 2.79 bits per heavy atom. The van der Waals surface area contributed by atoms with E-state index in [2.05, 4.69) is 20.7 Å². The monoisotopic (exact) mass is 394 g/mol. The molecule has 3 aromatic rings. The van der Waals surface area contributed by atoms with Crippen molar-refractivity contribution in [2.45, 2.75) is 25.6 Å².